The van der Waals surface area contributed by atoms with Crippen LogP contribution in [0.2, 0.25) is 5.02 Å². The monoisotopic (exact) mass is 417 g/mol. The third-order valence-electron chi connectivity index (χ3n) is 6.27. The Kier molecular flexibility index (Phi) is 4.49. The Morgan fingerprint density at radius 1 is 0.967 bits per heavy atom. The van der Waals surface area contributed by atoms with E-state index in [4.69, 9.17) is 11.6 Å². The summed E-state index contributed by atoms with van der Waals surface area (Å²) in [5, 5.41) is 12.4. The molecule has 0 saturated carbocycles. The van der Waals surface area contributed by atoms with Crippen molar-refractivity contribution in [3.05, 3.63) is 100 Å². The van der Waals surface area contributed by atoms with E-state index in [1.54, 1.807) is 29.2 Å². The number of ketones is 1. The van der Waals surface area contributed by atoms with Crippen LogP contribution in [0.15, 0.2) is 72.8 Å². The predicted molar refractivity (Wildman–Crippen MR) is 116 cm³/mol. The second-order valence-electron chi connectivity index (χ2n) is 7.88. The van der Waals surface area contributed by atoms with Crippen molar-refractivity contribution in [1.29, 1.82) is 0 Å². The van der Waals surface area contributed by atoms with Crippen LogP contribution >= 0.6 is 11.6 Å². The first-order chi connectivity index (χ1) is 14.5. The normalized spacial score (nSPS) is 22.7. The van der Waals surface area contributed by atoms with Crippen LogP contribution in [0.4, 0.5) is 5.69 Å². The van der Waals surface area contributed by atoms with Crippen molar-refractivity contribution >= 4 is 29.0 Å². The largest absolute Gasteiger partial charge is 0.375 e. The van der Waals surface area contributed by atoms with E-state index in [1.807, 2.05) is 48.5 Å². The fraction of sp³-hybridized carbons (Fsp3) is 0.200. The van der Waals surface area contributed by atoms with E-state index in [0.717, 1.165) is 11.1 Å². The second kappa shape index (κ2) is 7.08. The van der Waals surface area contributed by atoms with Crippen LogP contribution in [0.25, 0.3) is 0 Å². The number of nitrogens with zero attached hydrogens (tertiary/aromatic N) is 1. The highest BCUT2D eigenvalue weighted by Crippen LogP contribution is 2.48. The fourth-order valence-electron chi connectivity index (χ4n) is 4.75. The van der Waals surface area contributed by atoms with E-state index in [1.165, 1.54) is 0 Å². The highest BCUT2D eigenvalue weighted by Gasteiger charge is 2.57. The Morgan fingerprint density at radius 3 is 2.50 bits per heavy atom. The highest BCUT2D eigenvalue weighted by molar-refractivity contribution is 6.31. The van der Waals surface area contributed by atoms with Gasteiger partial charge in [-0.15, -0.1) is 0 Å². The summed E-state index contributed by atoms with van der Waals surface area (Å²) in [6.07, 6.45) is 1.07. The summed E-state index contributed by atoms with van der Waals surface area (Å²) >= 11 is 6.32. The molecule has 4 nitrogen and oxygen atoms in total. The summed E-state index contributed by atoms with van der Waals surface area (Å²) in [7, 11) is 0. The van der Waals surface area contributed by atoms with Gasteiger partial charge in [-0.3, -0.25) is 9.59 Å². The Labute approximate surface area is 179 Å². The zero-order valence-corrected chi connectivity index (χ0v) is 17.0. The summed E-state index contributed by atoms with van der Waals surface area (Å²) < 4.78 is 0. The molecule has 0 aromatic heterocycles. The summed E-state index contributed by atoms with van der Waals surface area (Å²) in [5.74, 6) is -1.47. The number of Topliss-reactive ketones (excluding diaryl/α,β-unsaturated/α-hetero) is 1. The first kappa shape index (κ1) is 19.0. The number of para-hydroxylation sites is 1. The van der Waals surface area contributed by atoms with Crippen LogP contribution < -0.4 is 4.90 Å². The second-order valence-corrected chi connectivity index (χ2v) is 8.29. The van der Waals surface area contributed by atoms with Gasteiger partial charge in [0, 0.05) is 16.1 Å². The van der Waals surface area contributed by atoms with E-state index < -0.39 is 17.4 Å². The van der Waals surface area contributed by atoms with Crippen LogP contribution in [-0.4, -0.2) is 16.8 Å². The van der Waals surface area contributed by atoms with Crippen LogP contribution in [0, 0.1) is 5.92 Å². The van der Waals surface area contributed by atoms with Gasteiger partial charge in [0.1, 0.15) is 0 Å². The van der Waals surface area contributed by atoms with E-state index in [9.17, 15) is 14.7 Å². The van der Waals surface area contributed by atoms with Gasteiger partial charge in [-0.25, -0.2) is 0 Å². The van der Waals surface area contributed by atoms with Crippen molar-refractivity contribution in [3.63, 3.8) is 0 Å². The van der Waals surface area contributed by atoms with Crippen LogP contribution in [0.1, 0.15) is 33.5 Å². The summed E-state index contributed by atoms with van der Waals surface area (Å²) in [4.78, 5) is 28.5. The molecule has 1 heterocycles. The highest BCUT2D eigenvalue weighted by atomic mass is 35.5. The molecular formula is C25H20ClNO3. The van der Waals surface area contributed by atoms with Crippen molar-refractivity contribution in [2.24, 2.45) is 5.92 Å². The Hall–Kier alpha value is -2.95. The lowest BCUT2D eigenvalue weighted by Gasteiger charge is -2.34. The summed E-state index contributed by atoms with van der Waals surface area (Å²) in [6, 6.07) is 21.9. The molecule has 2 atom stereocenters. The van der Waals surface area contributed by atoms with Crippen LogP contribution in [-0.2, 0) is 23.4 Å². The number of rotatable bonds is 3. The third-order valence-corrected chi connectivity index (χ3v) is 6.64. The molecule has 5 heteroatoms. The summed E-state index contributed by atoms with van der Waals surface area (Å²) in [6.45, 7) is 0.231. The number of carbonyl (C=O) groups excluding carboxylic acids is 2. The standard InChI is InChI=1S/C25H20ClNO3/c26-21-11-5-2-8-17(21)15-27-22-12-6-4-10-19(22)25(30,24(27)29)20-14-13-16-7-1-3-9-18(16)23(20)28/h1-12,20,30H,13-15H2. The lowest BCUT2D eigenvalue weighted by molar-refractivity contribution is -0.140. The molecule has 0 radical (unpaired) electrons. The molecule has 3 aromatic carbocycles. The number of anilines is 1. The molecule has 2 aliphatic rings. The molecular weight excluding hydrogens is 398 g/mol. The van der Waals surface area contributed by atoms with Gasteiger partial charge in [-0.1, -0.05) is 72.3 Å². The molecule has 150 valence electrons. The lowest BCUT2D eigenvalue weighted by Crippen LogP contribution is -2.49. The summed E-state index contributed by atoms with van der Waals surface area (Å²) in [5.41, 5.74) is 1.57. The molecule has 0 spiro atoms. The van der Waals surface area contributed by atoms with Crippen LogP contribution in [0.5, 0.6) is 0 Å². The van der Waals surface area contributed by atoms with Gasteiger partial charge in [-0.2, -0.15) is 0 Å². The van der Waals surface area contributed by atoms with E-state index in [0.29, 0.717) is 34.7 Å². The molecule has 1 N–H and O–H groups in total. The van der Waals surface area contributed by atoms with Crippen molar-refractivity contribution in [3.8, 4) is 0 Å². The zero-order chi connectivity index (χ0) is 20.9. The van der Waals surface area contributed by atoms with Gasteiger partial charge in [0.25, 0.3) is 5.91 Å². The smallest absolute Gasteiger partial charge is 0.264 e. The van der Waals surface area contributed by atoms with Crippen molar-refractivity contribution < 1.29 is 14.7 Å². The number of carbonyl (C=O) groups is 2. The fourth-order valence-corrected chi connectivity index (χ4v) is 4.94. The van der Waals surface area contributed by atoms with Crippen LogP contribution in [0.3, 0.4) is 0 Å². The first-order valence-corrected chi connectivity index (χ1v) is 10.4. The van der Waals surface area contributed by atoms with Gasteiger partial charge in [0.05, 0.1) is 18.2 Å². The number of hydrogen-bond acceptors (Lipinski definition) is 3. The number of halogens is 1. The number of aliphatic hydroxyl groups is 1. The number of benzene rings is 3. The molecule has 0 fully saturated rings. The molecule has 0 bridgehead atoms. The average Bonchev–Trinajstić information content (AvgIpc) is 2.98. The van der Waals surface area contributed by atoms with Gasteiger partial charge < -0.3 is 10.0 Å². The van der Waals surface area contributed by atoms with E-state index in [2.05, 4.69) is 0 Å². The molecule has 3 aromatic rings. The molecule has 30 heavy (non-hydrogen) atoms. The quantitative estimate of drug-likeness (QED) is 0.681. The number of aryl methyl sites for hydroxylation is 1. The SMILES string of the molecule is O=C1c2ccccc2CCC1C1(O)C(=O)N(Cc2ccccc2Cl)c2ccccc21. The molecule has 2 unspecified atom stereocenters. The predicted octanol–water partition coefficient (Wildman–Crippen LogP) is 4.52. The van der Waals surface area contributed by atoms with Gasteiger partial charge in [0.2, 0.25) is 0 Å². The number of fused-ring (bicyclic) bond motifs is 2. The van der Waals surface area contributed by atoms with Crippen molar-refractivity contribution in [2.75, 3.05) is 4.90 Å². The Balaban J connectivity index is 1.58. The maximum atomic E-state index is 13.6. The van der Waals surface area contributed by atoms with Gasteiger partial charge in [0.15, 0.2) is 11.4 Å². The minimum absolute atomic E-state index is 0.179. The average molecular weight is 418 g/mol. The maximum Gasteiger partial charge on any atom is 0.264 e. The minimum Gasteiger partial charge on any atom is -0.375 e. The van der Waals surface area contributed by atoms with Crippen molar-refractivity contribution in [1.82, 2.24) is 0 Å². The zero-order valence-electron chi connectivity index (χ0n) is 16.2. The molecule has 1 aliphatic carbocycles. The van der Waals surface area contributed by atoms with Gasteiger partial charge >= 0.3 is 0 Å². The number of amides is 1. The van der Waals surface area contributed by atoms with E-state index in [-0.39, 0.29) is 12.3 Å². The maximum absolute atomic E-state index is 13.6. The van der Waals surface area contributed by atoms with E-state index >= 15 is 0 Å². The first-order valence-electron chi connectivity index (χ1n) is 10.0. The lowest BCUT2D eigenvalue weighted by atomic mass is 9.71. The number of hydrogen-bond donors (Lipinski definition) is 1. The minimum atomic E-state index is -1.89. The third kappa shape index (κ3) is 2.72. The van der Waals surface area contributed by atoms with Gasteiger partial charge in [-0.05, 0) is 36.1 Å². The molecule has 0 saturated heterocycles. The molecule has 5 rings (SSSR count). The molecule has 1 amide bonds. The Morgan fingerprint density at radius 2 is 1.67 bits per heavy atom. The van der Waals surface area contributed by atoms with Crippen molar-refractivity contribution in [2.45, 2.75) is 25.0 Å². The Bertz CT molecular complexity index is 1170. The molecule has 1 aliphatic heterocycles. The topological polar surface area (TPSA) is 57.6 Å².